The van der Waals surface area contributed by atoms with E-state index in [1.54, 1.807) is 0 Å². The molecule has 0 aliphatic heterocycles. The van der Waals surface area contributed by atoms with Gasteiger partial charge in [0, 0.05) is 6.54 Å². The van der Waals surface area contributed by atoms with Crippen LogP contribution in [0, 0.1) is 5.92 Å². The lowest BCUT2D eigenvalue weighted by Gasteiger charge is -2.24. The summed E-state index contributed by atoms with van der Waals surface area (Å²) in [6.45, 7) is 4.20. The third kappa shape index (κ3) is 3.07. The van der Waals surface area contributed by atoms with Gasteiger partial charge >= 0.3 is 0 Å². The second-order valence-electron chi connectivity index (χ2n) is 3.43. The normalized spacial score (nSPS) is 16.7. The van der Waals surface area contributed by atoms with Crippen LogP contribution < -0.4 is 5.32 Å². The standard InChI is InChI=1S/C10H17NO/c1-2-10(12)11-8-4-7-9-5-3-6-9/h2,9H,1,3-8H2,(H,11,12). The number of hydrogen-bond acceptors (Lipinski definition) is 1. The topological polar surface area (TPSA) is 29.1 Å². The molecule has 0 aromatic rings. The van der Waals surface area contributed by atoms with Gasteiger partial charge in [0.15, 0.2) is 0 Å². The van der Waals surface area contributed by atoms with Crippen molar-refractivity contribution in [2.45, 2.75) is 32.1 Å². The zero-order chi connectivity index (χ0) is 8.81. The number of nitrogens with one attached hydrogen (secondary N) is 1. The van der Waals surface area contributed by atoms with Crippen molar-refractivity contribution in [3.63, 3.8) is 0 Å². The van der Waals surface area contributed by atoms with Gasteiger partial charge in [0.25, 0.3) is 0 Å². The first-order chi connectivity index (χ1) is 5.83. The quantitative estimate of drug-likeness (QED) is 0.491. The average Bonchev–Trinajstić information content (AvgIpc) is 2.00. The maximum absolute atomic E-state index is 10.7. The molecule has 1 amide bonds. The molecule has 0 radical (unpaired) electrons. The fraction of sp³-hybridized carbons (Fsp3) is 0.700. The first-order valence-corrected chi connectivity index (χ1v) is 4.73. The minimum Gasteiger partial charge on any atom is -0.353 e. The van der Waals surface area contributed by atoms with Gasteiger partial charge in [-0.2, -0.15) is 0 Å². The Labute approximate surface area is 74.0 Å². The first-order valence-electron chi connectivity index (χ1n) is 4.73. The molecule has 1 aliphatic rings. The molecule has 0 saturated heterocycles. The van der Waals surface area contributed by atoms with Gasteiger partial charge in [-0.1, -0.05) is 25.8 Å². The van der Waals surface area contributed by atoms with Gasteiger partial charge in [0.1, 0.15) is 0 Å². The van der Waals surface area contributed by atoms with E-state index in [4.69, 9.17) is 0 Å². The molecule has 0 atom stereocenters. The van der Waals surface area contributed by atoms with Gasteiger partial charge in [-0.05, 0) is 24.8 Å². The molecule has 0 unspecified atom stereocenters. The molecular formula is C10H17NO. The Bertz CT molecular complexity index is 161. The van der Waals surface area contributed by atoms with Crippen molar-refractivity contribution in [3.05, 3.63) is 12.7 Å². The maximum Gasteiger partial charge on any atom is 0.243 e. The Morgan fingerprint density at radius 1 is 1.58 bits per heavy atom. The minimum atomic E-state index is -0.0522. The lowest BCUT2D eigenvalue weighted by molar-refractivity contribution is -0.116. The molecule has 1 aliphatic carbocycles. The van der Waals surface area contributed by atoms with E-state index in [1.165, 1.54) is 31.8 Å². The van der Waals surface area contributed by atoms with Gasteiger partial charge in [-0.15, -0.1) is 0 Å². The summed E-state index contributed by atoms with van der Waals surface area (Å²) in [5, 5.41) is 2.78. The van der Waals surface area contributed by atoms with Crippen molar-refractivity contribution < 1.29 is 4.79 Å². The minimum absolute atomic E-state index is 0.0522. The first kappa shape index (κ1) is 9.30. The van der Waals surface area contributed by atoms with E-state index < -0.39 is 0 Å². The van der Waals surface area contributed by atoms with Crippen molar-refractivity contribution in [2.24, 2.45) is 5.92 Å². The number of carbonyl (C=O) groups excluding carboxylic acids is 1. The molecule has 0 aromatic carbocycles. The third-order valence-corrected chi connectivity index (χ3v) is 2.50. The molecule has 1 fully saturated rings. The van der Waals surface area contributed by atoms with Crippen molar-refractivity contribution in [1.82, 2.24) is 5.32 Å². The van der Waals surface area contributed by atoms with Crippen LogP contribution in [0.2, 0.25) is 0 Å². The van der Waals surface area contributed by atoms with E-state index in [-0.39, 0.29) is 5.91 Å². The van der Waals surface area contributed by atoms with E-state index >= 15 is 0 Å². The molecule has 68 valence electrons. The van der Waals surface area contributed by atoms with Gasteiger partial charge in [0.2, 0.25) is 5.91 Å². The van der Waals surface area contributed by atoms with Gasteiger partial charge in [-0.25, -0.2) is 0 Å². The van der Waals surface area contributed by atoms with Crippen LogP contribution in [0.15, 0.2) is 12.7 Å². The van der Waals surface area contributed by atoms with Crippen LogP contribution in [0.3, 0.4) is 0 Å². The summed E-state index contributed by atoms with van der Waals surface area (Å²) in [5.41, 5.74) is 0. The zero-order valence-electron chi connectivity index (χ0n) is 7.51. The highest BCUT2D eigenvalue weighted by Gasteiger charge is 2.16. The van der Waals surface area contributed by atoms with E-state index in [0.29, 0.717) is 0 Å². The van der Waals surface area contributed by atoms with Crippen molar-refractivity contribution in [2.75, 3.05) is 6.54 Å². The second kappa shape index (κ2) is 4.96. The van der Waals surface area contributed by atoms with Crippen LogP contribution in [0.25, 0.3) is 0 Å². The van der Waals surface area contributed by atoms with E-state index in [9.17, 15) is 4.79 Å². The highest BCUT2D eigenvalue weighted by molar-refractivity contribution is 5.86. The van der Waals surface area contributed by atoms with E-state index in [2.05, 4.69) is 11.9 Å². The summed E-state index contributed by atoms with van der Waals surface area (Å²) in [6.07, 6.45) is 7.92. The SMILES string of the molecule is C=CC(=O)NCCCC1CCC1. The smallest absolute Gasteiger partial charge is 0.243 e. The Morgan fingerprint density at radius 3 is 2.83 bits per heavy atom. The molecule has 12 heavy (non-hydrogen) atoms. The number of carbonyl (C=O) groups is 1. The summed E-state index contributed by atoms with van der Waals surface area (Å²) < 4.78 is 0. The monoisotopic (exact) mass is 167 g/mol. The Kier molecular flexibility index (Phi) is 3.85. The van der Waals surface area contributed by atoms with Gasteiger partial charge in [0.05, 0.1) is 0 Å². The van der Waals surface area contributed by atoms with Crippen LogP contribution >= 0.6 is 0 Å². The second-order valence-corrected chi connectivity index (χ2v) is 3.43. The lowest BCUT2D eigenvalue weighted by atomic mass is 9.82. The fourth-order valence-corrected chi connectivity index (χ4v) is 1.46. The molecule has 0 spiro atoms. The molecule has 0 heterocycles. The Morgan fingerprint density at radius 2 is 2.33 bits per heavy atom. The summed E-state index contributed by atoms with van der Waals surface area (Å²) >= 11 is 0. The Hall–Kier alpha value is -0.790. The lowest BCUT2D eigenvalue weighted by Crippen LogP contribution is -2.23. The summed E-state index contributed by atoms with van der Waals surface area (Å²) in [5.74, 6) is 0.897. The molecule has 1 rings (SSSR count). The van der Waals surface area contributed by atoms with Gasteiger partial charge < -0.3 is 5.32 Å². The molecule has 1 saturated carbocycles. The van der Waals surface area contributed by atoms with Gasteiger partial charge in [-0.3, -0.25) is 4.79 Å². The summed E-state index contributed by atoms with van der Waals surface area (Å²) in [6, 6.07) is 0. The summed E-state index contributed by atoms with van der Waals surface area (Å²) in [7, 11) is 0. The molecule has 0 aromatic heterocycles. The fourth-order valence-electron chi connectivity index (χ4n) is 1.46. The Balaban J connectivity index is 1.88. The van der Waals surface area contributed by atoms with Crippen molar-refractivity contribution >= 4 is 5.91 Å². The van der Waals surface area contributed by atoms with E-state index in [1.807, 2.05) is 0 Å². The third-order valence-electron chi connectivity index (χ3n) is 2.50. The van der Waals surface area contributed by atoms with E-state index in [0.717, 1.165) is 18.9 Å². The van der Waals surface area contributed by atoms with Crippen molar-refractivity contribution in [1.29, 1.82) is 0 Å². The van der Waals surface area contributed by atoms with Crippen LogP contribution in [0.4, 0.5) is 0 Å². The number of amides is 1. The molecular weight excluding hydrogens is 150 g/mol. The molecule has 2 heteroatoms. The predicted octanol–water partition coefficient (Wildman–Crippen LogP) is 1.87. The molecule has 0 bridgehead atoms. The van der Waals surface area contributed by atoms with Crippen LogP contribution in [0.1, 0.15) is 32.1 Å². The molecule has 1 N–H and O–H groups in total. The predicted molar refractivity (Wildman–Crippen MR) is 49.8 cm³/mol. The number of rotatable bonds is 5. The van der Waals surface area contributed by atoms with Crippen LogP contribution in [-0.4, -0.2) is 12.5 Å². The largest absolute Gasteiger partial charge is 0.353 e. The zero-order valence-corrected chi connectivity index (χ0v) is 7.51. The average molecular weight is 167 g/mol. The highest BCUT2D eigenvalue weighted by atomic mass is 16.1. The van der Waals surface area contributed by atoms with Crippen LogP contribution in [-0.2, 0) is 4.79 Å². The van der Waals surface area contributed by atoms with Crippen LogP contribution in [0.5, 0.6) is 0 Å². The maximum atomic E-state index is 10.7. The highest BCUT2D eigenvalue weighted by Crippen LogP contribution is 2.29. The number of hydrogen-bond donors (Lipinski definition) is 1. The van der Waals surface area contributed by atoms with Crippen molar-refractivity contribution in [3.8, 4) is 0 Å². The molecule has 2 nitrogen and oxygen atoms in total. The summed E-state index contributed by atoms with van der Waals surface area (Å²) in [4.78, 5) is 10.7.